The van der Waals surface area contributed by atoms with Crippen LogP contribution in [0.5, 0.6) is 0 Å². The van der Waals surface area contributed by atoms with Gasteiger partial charge in [0.05, 0.1) is 0 Å². The molecule has 1 heterocycles. The number of nitrogens with zero attached hydrogens (tertiary/aromatic N) is 2. The number of hydrogen-bond acceptors (Lipinski definition) is 2. The second-order valence-corrected chi connectivity index (χ2v) is 7.11. The van der Waals surface area contributed by atoms with Crippen molar-refractivity contribution in [3.05, 3.63) is 24.3 Å². The number of benzene rings is 1. The third kappa shape index (κ3) is 1.09. The van der Waals surface area contributed by atoms with Crippen molar-refractivity contribution in [3.8, 4) is 0 Å². The van der Waals surface area contributed by atoms with E-state index in [1.807, 2.05) is 0 Å². The molecule has 0 aromatic heterocycles. The fourth-order valence-corrected chi connectivity index (χ4v) is 4.34. The molecule has 0 saturated carbocycles. The minimum absolute atomic E-state index is 0.462. The molecule has 0 bridgehead atoms. The molecule has 1 aliphatic heterocycles. The van der Waals surface area contributed by atoms with Crippen LogP contribution < -0.4 is 6.24 Å². The predicted octanol–water partition coefficient (Wildman–Crippen LogP) is 1.11. The van der Waals surface area contributed by atoms with Crippen molar-refractivity contribution in [1.29, 1.82) is 0 Å². The van der Waals surface area contributed by atoms with Crippen LogP contribution in [0.25, 0.3) is 0 Å². The van der Waals surface area contributed by atoms with Crippen molar-refractivity contribution in [2.24, 2.45) is 0 Å². The van der Waals surface area contributed by atoms with E-state index in [4.69, 9.17) is 0 Å². The molecule has 2 rings (SSSR count). The minimum atomic E-state index is -0.462. The Hall–Kier alpha value is -0.381. The molecule has 1 aromatic rings. The van der Waals surface area contributed by atoms with Crippen molar-refractivity contribution in [2.75, 3.05) is 20.3 Å². The molecule has 11 heavy (non-hydrogen) atoms. The fraction of sp³-hybridized carbons (Fsp3) is 0.250. The van der Waals surface area contributed by atoms with Gasteiger partial charge in [-0.25, -0.2) is 0 Å². The summed E-state index contributed by atoms with van der Waals surface area (Å²) in [6, 6.07) is 8.60. The van der Waals surface area contributed by atoms with Crippen LogP contribution in [0.1, 0.15) is 0 Å². The molecule has 0 spiro atoms. The summed E-state index contributed by atoms with van der Waals surface area (Å²) in [5, 5.41) is 0. The second-order valence-electron chi connectivity index (χ2n) is 2.71. The average molecular weight is 253 g/mol. The summed E-state index contributed by atoms with van der Waals surface area (Å²) in [6.45, 7) is 0. The van der Waals surface area contributed by atoms with Gasteiger partial charge < -0.3 is 0 Å². The molecule has 0 aliphatic carbocycles. The Morgan fingerprint density at radius 1 is 1.00 bits per heavy atom. The van der Waals surface area contributed by atoms with Gasteiger partial charge in [0.25, 0.3) is 0 Å². The molecule has 1 aliphatic rings. The van der Waals surface area contributed by atoms with Crippen LogP contribution in [0.2, 0.25) is 0 Å². The predicted molar refractivity (Wildman–Crippen MR) is 49.0 cm³/mol. The maximum absolute atomic E-state index is 2.42. The summed E-state index contributed by atoms with van der Waals surface area (Å²) in [5.41, 5.74) is 2.81. The molecule has 0 amide bonds. The molecule has 56 valence electrons. The summed E-state index contributed by atoms with van der Waals surface area (Å²) >= 11 is -0.462. The van der Waals surface area contributed by atoms with E-state index < -0.39 is 21.7 Å². The zero-order chi connectivity index (χ0) is 7.84. The molecule has 0 saturated heterocycles. The molecule has 2 radical (unpaired) electrons. The third-order valence-electron chi connectivity index (χ3n) is 1.90. The Labute approximate surface area is 77.7 Å². The Kier molecular flexibility index (Phi) is 1.71. The Balaban J connectivity index is 2.52. The van der Waals surface area contributed by atoms with E-state index >= 15 is 0 Å². The summed E-state index contributed by atoms with van der Waals surface area (Å²) in [6.07, 6.45) is 0. The van der Waals surface area contributed by atoms with Crippen LogP contribution in [0.4, 0.5) is 11.4 Å². The van der Waals surface area contributed by atoms with Crippen LogP contribution in [-0.4, -0.2) is 35.8 Å². The first-order chi connectivity index (χ1) is 5.29. The van der Waals surface area contributed by atoms with Crippen LogP contribution >= 0.6 is 0 Å². The standard InChI is InChI=1S/C8H10N2.Sn/c1-9-7-5-3-4-6-8(7)10-2;/h3-6H,1-2H3;/q-2;+2. The third-order valence-corrected chi connectivity index (χ3v) is 4.99. The molecule has 0 N–H and O–H groups in total. The van der Waals surface area contributed by atoms with Crippen molar-refractivity contribution in [2.45, 2.75) is 0 Å². The Morgan fingerprint density at radius 2 is 1.45 bits per heavy atom. The van der Waals surface area contributed by atoms with Gasteiger partial charge in [-0.15, -0.1) is 0 Å². The van der Waals surface area contributed by atoms with Gasteiger partial charge in [-0.05, 0) is 0 Å². The number of para-hydroxylation sites is 2. The van der Waals surface area contributed by atoms with Gasteiger partial charge in [0.2, 0.25) is 0 Å². The SMILES string of the molecule is C[N]1[Sn][N](C)c2ccccc21. The number of anilines is 2. The van der Waals surface area contributed by atoms with Crippen LogP contribution in [0.3, 0.4) is 0 Å². The summed E-state index contributed by atoms with van der Waals surface area (Å²) in [5.74, 6) is 0. The van der Waals surface area contributed by atoms with Crippen LogP contribution in [-0.2, 0) is 0 Å². The van der Waals surface area contributed by atoms with Crippen molar-refractivity contribution in [1.82, 2.24) is 0 Å². The van der Waals surface area contributed by atoms with E-state index in [0.717, 1.165) is 0 Å². The normalized spacial score (nSPS) is 15.5. The van der Waals surface area contributed by atoms with E-state index in [1.54, 1.807) is 0 Å². The van der Waals surface area contributed by atoms with E-state index in [-0.39, 0.29) is 0 Å². The quantitative estimate of drug-likeness (QED) is 0.639. The van der Waals surface area contributed by atoms with E-state index in [9.17, 15) is 0 Å². The summed E-state index contributed by atoms with van der Waals surface area (Å²) in [7, 11) is 4.38. The zero-order valence-electron chi connectivity index (χ0n) is 6.70. The molecule has 1 aromatic carbocycles. The molecule has 0 unspecified atom stereocenters. The van der Waals surface area contributed by atoms with Crippen LogP contribution in [0.15, 0.2) is 24.3 Å². The number of fused-ring (bicyclic) bond motifs is 1. The Morgan fingerprint density at radius 3 is 1.91 bits per heavy atom. The van der Waals surface area contributed by atoms with Crippen molar-refractivity contribution < 1.29 is 0 Å². The monoisotopic (exact) mass is 254 g/mol. The van der Waals surface area contributed by atoms with Gasteiger partial charge >= 0.3 is 77.7 Å². The summed E-state index contributed by atoms with van der Waals surface area (Å²) in [4.78, 5) is 0. The molecule has 2 nitrogen and oxygen atoms in total. The zero-order valence-corrected chi connectivity index (χ0v) is 9.56. The average Bonchev–Trinajstić information content (AvgIpc) is 2.30. The van der Waals surface area contributed by atoms with E-state index in [1.165, 1.54) is 11.4 Å². The first kappa shape index (κ1) is 7.28. The van der Waals surface area contributed by atoms with Gasteiger partial charge in [-0.2, -0.15) is 0 Å². The molecule has 0 fully saturated rings. The van der Waals surface area contributed by atoms with Crippen LogP contribution in [0, 0.1) is 0 Å². The first-order valence-corrected chi connectivity index (χ1v) is 6.17. The maximum atomic E-state index is 2.42. The number of rotatable bonds is 0. The fourth-order valence-electron chi connectivity index (χ4n) is 1.36. The van der Waals surface area contributed by atoms with Gasteiger partial charge in [-0.1, -0.05) is 0 Å². The number of hydrogen-bond donors (Lipinski definition) is 0. The van der Waals surface area contributed by atoms with Gasteiger partial charge in [0.15, 0.2) is 0 Å². The molecular weight excluding hydrogens is 243 g/mol. The molecule has 3 heteroatoms. The van der Waals surface area contributed by atoms with Gasteiger partial charge in [-0.3, -0.25) is 0 Å². The first-order valence-electron chi connectivity index (χ1n) is 3.62. The van der Waals surface area contributed by atoms with E-state index in [2.05, 4.69) is 44.6 Å². The topological polar surface area (TPSA) is 6.48 Å². The van der Waals surface area contributed by atoms with Crippen molar-refractivity contribution >= 4 is 33.1 Å². The van der Waals surface area contributed by atoms with Crippen molar-refractivity contribution in [3.63, 3.8) is 0 Å². The summed E-state index contributed by atoms with van der Waals surface area (Å²) < 4.78 is 4.83. The molecule has 0 atom stereocenters. The Bertz CT molecular complexity index is 248. The van der Waals surface area contributed by atoms with Gasteiger partial charge in [0, 0.05) is 0 Å². The second kappa shape index (κ2) is 2.59. The van der Waals surface area contributed by atoms with Gasteiger partial charge in [0.1, 0.15) is 0 Å². The molecular formula is C8H10N2Sn. The van der Waals surface area contributed by atoms with E-state index in [0.29, 0.717) is 0 Å².